The van der Waals surface area contributed by atoms with Crippen LogP contribution in [0.3, 0.4) is 0 Å². The maximum Gasteiger partial charge on any atom is 0.413 e. The average molecular weight is 306 g/mol. The first kappa shape index (κ1) is 14.6. The lowest BCUT2D eigenvalue weighted by Crippen LogP contribution is -2.14. The minimum Gasteiger partial charge on any atom is -0.453 e. The summed E-state index contributed by atoms with van der Waals surface area (Å²) in [7, 11) is 1.28. The maximum atomic E-state index is 11.3. The first-order valence-corrected chi connectivity index (χ1v) is 6.98. The second-order valence-corrected chi connectivity index (χ2v) is 4.68. The molecule has 23 heavy (non-hydrogen) atoms. The molecule has 0 fully saturated rings. The summed E-state index contributed by atoms with van der Waals surface area (Å²) in [5.41, 5.74) is 3.07. The Hall–Kier alpha value is -3.28. The van der Waals surface area contributed by atoms with Crippen LogP contribution in [-0.4, -0.2) is 28.4 Å². The van der Waals surface area contributed by atoms with Gasteiger partial charge in [0.25, 0.3) is 5.95 Å². The van der Waals surface area contributed by atoms with Crippen LogP contribution < -0.4 is 5.32 Å². The quantitative estimate of drug-likeness (QED) is 0.802. The fourth-order valence-electron chi connectivity index (χ4n) is 2.11. The predicted molar refractivity (Wildman–Crippen MR) is 86.7 cm³/mol. The van der Waals surface area contributed by atoms with E-state index in [1.807, 2.05) is 60.7 Å². The zero-order valence-electron chi connectivity index (χ0n) is 12.4. The molecule has 0 saturated heterocycles. The van der Waals surface area contributed by atoms with E-state index < -0.39 is 6.09 Å². The minimum atomic E-state index is -0.640. The Morgan fingerprint density at radius 2 is 1.43 bits per heavy atom. The second-order valence-electron chi connectivity index (χ2n) is 4.68. The Labute approximate surface area is 133 Å². The normalized spacial score (nSPS) is 10.1. The van der Waals surface area contributed by atoms with Crippen molar-refractivity contribution < 1.29 is 9.53 Å². The maximum absolute atomic E-state index is 11.3. The van der Waals surface area contributed by atoms with Crippen LogP contribution in [0.2, 0.25) is 0 Å². The molecule has 0 atom stereocenters. The molecule has 0 bridgehead atoms. The van der Waals surface area contributed by atoms with Crippen molar-refractivity contribution in [1.82, 2.24) is 15.2 Å². The van der Waals surface area contributed by atoms with Gasteiger partial charge in [-0.3, -0.25) is 5.32 Å². The van der Waals surface area contributed by atoms with Crippen LogP contribution >= 0.6 is 0 Å². The summed E-state index contributed by atoms with van der Waals surface area (Å²) in [5, 5.41) is 10.6. The molecular formula is C17H14N4O2. The molecule has 0 radical (unpaired) electrons. The Morgan fingerprint density at radius 3 is 2.00 bits per heavy atom. The van der Waals surface area contributed by atoms with E-state index >= 15 is 0 Å². The highest BCUT2D eigenvalue weighted by atomic mass is 16.5. The van der Waals surface area contributed by atoms with E-state index in [9.17, 15) is 4.79 Å². The molecule has 2 aromatic carbocycles. The Kier molecular flexibility index (Phi) is 4.24. The Balaban J connectivity index is 2.11. The van der Waals surface area contributed by atoms with Crippen molar-refractivity contribution >= 4 is 12.0 Å². The van der Waals surface area contributed by atoms with Crippen LogP contribution in [0.4, 0.5) is 10.7 Å². The molecule has 3 rings (SSSR count). The third kappa shape index (κ3) is 3.32. The van der Waals surface area contributed by atoms with Gasteiger partial charge in [-0.25, -0.2) is 9.78 Å². The van der Waals surface area contributed by atoms with Crippen molar-refractivity contribution in [2.75, 3.05) is 12.4 Å². The molecule has 0 spiro atoms. The topological polar surface area (TPSA) is 77.0 Å². The van der Waals surface area contributed by atoms with E-state index in [4.69, 9.17) is 0 Å². The summed E-state index contributed by atoms with van der Waals surface area (Å²) in [5.74, 6) is 0.0929. The van der Waals surface area contributed by atoms with Crippen molar-refractivity contribution in [1.29, 1.82) is 0 Å². The molecule has 0 aliphatic heterocycles. The van der Waals surface area contributed by atoms with Crippen LogP contribution in [0.25, 0.3) is 22.5 Å². The lowest BCUT2D eigenvalue weighted by atomic mass is 10.0. The second kappa shape index (κ2) is 6.65. The number of carbonyl (C=O) groups is 1. The lowest BCUT2D eigenvalue weighted by molar-refractivity contribution is 0.186. The minimum absolute atomic E-state index is 0.0929. The van der Waals surface area contributed by atoms with E-state index in [1.165, 1.54) is 7.11 Å². The van der Waals surface area contributed by atoms with Gasteiger partial charge >= 0.3 is 6.09 Å². The Morgan fingerprint density at radius 1 is 0.870 bits per heavy atom. The van der Waals surface area contributed by atoms with Gasteiger partial charge in [0, 0.05) is 11.1 Å². The fraction of sp³-hybridized carbons (Fsp3) is 0.0588. The van der Waals surface area contributed by atoms with E-state index in [1.54, 1.807) is 0 Å². The number of amides is 1. The monoisotopic (exact) mass is 306 g/mol. The van der Waals surface area contributed by atoms with Crippen LogP contribution in [0, 0.1) is 0 Å². The van der Waals surface area contributed by atoms with Gasteiger partial charge in [-0.15, -0.1) is 10.2 Å². The molecule has 0 unspecified atom stereocenters. The van der Waals surface area contributed by atoms with Gasteiger partial charge in [0.05, 0.1) is 7.11 Å². The number of nitrogens with one attached hydrogen (secondary N) is 1. The highest BCUT2D eigenvalue weighted by molar-refractivity contribution is 5.83. The number of nitrogens with zero attached hydrogens (tertiary/aromatic N) is 3. The molecule has 0 aliphatic carbocycles. The summed E-state index contributed by atoms with van der Waals surface area (Å²) < 4.78 is 4.56. The fourth-order valence-corrected chi connectivity index (χ4v) is 2.11. The van der Waals surface area contributed by atoms with Crippen LogP contribution in [0.5, 0.6) is 0 Å². The van der Waals surface area contributed by atoms with Gasteiger partial charge in [-0.05, 0) is 0 Å². The molecule has 0 aliphatic rings. The van der Waals surface area contributed by atoms with Crippen LogP contribution in [0.1, 0.15) is 0 Å². The number of carbonyl (C=O) groups excluding carboxylic acids is 1. The van der Waals surface area contributed by atoms with Gasteiger partial charge in [-0.2, -0.15) is 0 Å². The molecule has 6 nitrogen and oxygen atoms in total. The van der Waals surface area contributed by atoms with Crippen molar-refractivity contribution in [2.45, 2.75) is 0 Å². The summed E-state index contributed by atoms with van der Waals surface area (Å²) >= 11 is 0. The number of ether oxygens (including phenoxy) is 1. The van der Waals surface area contributed by atoms with Gasteiger partial charge in [0.15, 0.2) is 0 Å². The number of methoxy groups -OCH3 is 1. The molecule has 1 heterocycles. The first-order valence-electron chi connectivity index (χ1n) is 6.98. The zero-order valence-corrected chi connectivity index (χ0v) is 12.4. The zero-order chi connectivity index (χ0) is 16.1. The number of aromatic nitrogens is 3. The highest BCUT2D eigenvalue weighted by Gasteiger charge is 2.14. The van der Waals surface area contributed by atoms with Gasteiger partial charge in [0.1, 0.15) is 11.4 Å². The number of rotatable bonds is 3. The molecular weight excluding hydrogens is 292 g/mol. The molecule has 1 aromatic heterocycles. The number of hydrogen-bond donors (Lipinski definition) is 1. The molecule has 3 aromatic rings. The molecule has 1 amide bonds. The third-order valence-electron chi connectivity index (χ3n) is 3.18. The standard InChI is InChI=1S/C17H14N4O2/c1-23-17(22)19-16-18-14(12-8-4-2-5-9-12)15(20-21-16)13-10-6-3-7-11-13/h2-11H,1H3,(H,18,19,21,22). The predicted octanol–water partition coefficient (Wildman–Crippen LogP) is 3.38. The summed E-state index contributed by atoms with van der Waals surface area (Å²) in [6.07, 6.45) is -0.640. The van der Waals surface area contributed by atoms with Crippen molar-refractivity contribution in [2.24, 2.45) is 0 Å². The molecule has 0 saturated carbocycles. The van der Waals surface area contributed by atoms with E-state index in [2.05, 4.69) is 25.2 Å². The number of hydrogen-bond acceptors (Lipinski definition) is 5. The van der Waals surface area contributed by atoms with Crippen molar-refractivity contribution in [3.63, 3.8) is 0 Å². The molecule has 114 valence electrons. The smallest absolute Gasteiger partial charge is 0.413 e. The van der Waals surface area contributed by atoms with Gasteiger partial charge in [-0.1, -0.05) is 60.7 Å². The van der Waals surface area contributed by atoms with Gasteiger partial charge < -0.3 is 4.74 Å². The van der Waals surface area contributed by atoms with E-state index in [-0.39, 0.29) is 5.95 Å². The molecule has 6 heteroatoms. The number of anilines is 1. The van der Waals surface area contributed by atoms with Gasteiger partial charge in [0.2, 0.25) is 0 Å². The SMILES string of the molecule is COC(=O)Nc1nnc(-c2ccccc2)c(-c2ccccc2)n1. The van der Waals surface area contributed by atoms with E-state index in [0.717, 1.165) is 11.1 Å². The molecule has 1 N–H and O–H groups in total. The number of benzene rings is 2. The largest absolute Gasteiger partial charge is 0.453 e. The average Bonchev–Trinajstić information content (AvgIpc) is 2.63. The Bertz CT molecular complexity index is 807. The summed E-state index contributed by atoms with van der Waals surface area (Å²) in [4.78, 5) is 15.8. The highest BCUT2D eigenvalue weighted by Crippen LogP contribution is 2.28. The summed E-state index contributed by atoms with van der Waals surface area (Å²) in [6, 6.07) is 19.3. The van der Waals surface area contributed by atoms with Crippen molar-refractivity contribution in [3.8, 4) is 22.5 Å². The lowest BCUT2D eigenvalue weighted by Gasteiger charge is -2.09. The summed E-state index contributed by atoms with van der Waals surface area (Å²) in [6.45, 7) is 0. The van der Waals surface area contributed by atoms with Crippen LogP contribution in [0.15, 0.2) is 60.7 Å². The first-order chi connectivity index (χ1) is 11.3. The van der Waals surface area contributed by atoms with E-state index in [0.29, 0.717) is 11.4 Å². The third-order valence-corrected chi connectivity index (χ3v) is 3.18. The van der Waals surface area contributed by atoms with Crippen LogP contribution in [-0.2, 0) is 4.74 Å². The van der Waals surface area contributed by atoms with Crippen molar-refractivity contribution in [3.05, 3.63) is 60.7 Å².